The smallest absolute Gasteiger partial charge is 0.306 e. The Hall–Kier alpha value is -0.120. The van der Waals surface area contributed by atoms with E-state index in [0.29, 0.717) is 6.42 Å². The second kappa shape index (κ2) is 3.91. The van der Waals surface area contributed by atoms with E-state index in [9.17, 15) is 9.18 Å². The molecular formula is C6H10BrFO2. The maximum atomic E-state index is 12.8. The van der Waals surface area contributed by atoms with Crippen LogP contribution in [0.4, 0.5) is 4.39 Å². The SMILES string of the molecule is CCCC(F)(Br)OC(C)=O. The molecule has 0 bridgehead atoms. The Balaban J connectivity index is 3.74. The molecule has 0 aromatic rings. The van der Waals surface area contributed by atoms with Gasteiger partial charge < -0.3 is 4.74 Å². The molecule has 0 aliphatic heterocycles. The lowest BCUT2D eigenvalue weighted by molar-refractivity contribution is -0.159. The predicted molar refractivity (Wildman–Crippen MR) is 39.4 cm³/mol. The van der Waals surface area contributed by atoms with Crippen LogP contribution in [0.1, 0.15) is 26.7 Å². The van der Waals surface area contributed by atoms with Gasteiger partial charge in [0.05, 0.1) is 0 Å². The fourth-order valence-electron chi connectivity index (χ4n) is 0.552. The zero-order valence-electron chi connectivity index (χ0n) is 5.99. The molecular weight excluding hydrogens is 203 g/mol. The molecule has 2 nitrogen and oxygen atoms in total. The summed E-state index contributed by atoms with van der Waals surface area (Å²) >= 11 is 2.63. The number of hydrogen-bond acceptors (Lipinski definition) is 2. The molecule has 0 rings (SSSR count). The normalized spacial score (nSPS) is 16.0. The summed E-state index contributed by atoms with van der Waals surface area (Å²) in [6, 6.07) is 0. The van der Waals surface area contributed by atoms with Gasteiger partial charge in [0.1, 0.15) is 0 Å². The molecule has 0 aromatic heterocycles. The molecule has 0 aromatic carbocycles. The molecule has 0 radical (unpaired) electrons. The van der Waals surface area contributed by atoms with Crippen molar-refractivity contribution in [1.29, 1.82) is 0 Å². The molecule has 0 spiro atoms. The average Bonchev–Trinajstić information content (AvgIpc) is 1.59. The second-order valence-corrected chi connectivity index (χ2v) is 3.17. The third kappa shape index (κ3) is 4.73. The van der Waals surface area contributed by atoms with Gasteiger partial charge in [-0.05, 0) is 22.4 Å². The first-order valence-electron chi connectivity index (χ1n) is 3.05. The van der Waals surface area contributed by atoms with Gasteiger partial charge in [0.15, 0.2) is 0 Å². The second-order valence-electron chi connectivity index (χ2n) is 1.98. The zero-order valence-corrected chi connectivity index (χ0v) is 7.57. The van der Waals surface area contributed by atoms with Gasteiger partial charge in [0, 0.05) is 13.3 Å². The van der Waals surface area contributed by atoms with Crippen molar-refractivity contribution in [2.75, 3.05) is 0 Å². The molecule has 1 unspecified atom stereocenters. The highest BCUT2D eigenvalue weighted by atomic mass is 79.9. The Labute approximate surface area is 67.9 Å². The van der Waals surface area contributed by atoms with Crippen molar-refractivity contribution in [2.24, 2.45) is 0 Å². The van der Waals surface area contributed by atoms with Crippen LogP contribution in [0.5, 0.6) is 0 Å². The van der Waals surface area contributed by atoms with E-state index in [4.69, 9.17) is 0 Å². The van der Waals surface area contributed by atoms with E-state index < -0.39 is 10.7 Å². The topological polar surface area (TPSA) is 26.3 Å². The average molecular weight is 213 g/mol. The molecule has 0 saturated carbocycles. The van der Waals surface area contributed by atoms with Crippen molar-refractivity contribution < 1.29 is 13.9 Å². The van der Waals surface area contributed by atoms with Crippen LogP contribution in [-0.2, 0) is 9.53 Å². The maximum Gasteiger partial charge on any atom is 0.306 e. The van der Waals surface area contributed by atoms with Gasteiger partial charge in [-0.25, -0.2) is 0 Å². The van der Waals surface area contributed by atoms with Gasteiger partial charge in [-0.2, -0.15) is 4.39 Å². The summed E-state index contributed by atoms with van der Waals surface area (Å²) in [5.41, 5.74) is 0. The zero-order chi connectivity index (χ0) is 8.20. The Morgan fingerprint density at radius 3 is 2.60 bits per heavy atom. The fourth-order valence-corrected chi connectivity index (χ4v) is 1.18. The molecule has 0 amide bonds. The molecule has 0 heterocycles. The quantitative estimate of drug-likeness (QED) is 0.531. The van der Waals surface area contributed by atoms with Gasteiger partial charge in [-0.15, -0.1) is 0 Å². The van der Waals surface area contributed by atoms with Crippen LogP contribution in [0.25, 0.3) is 0 Å². The van der Waals surface area contributed by atoms with Crippen LogP contribution < -0.4 is 0 Å². The molecule has 10 heavy (non-hydrogen) atoms. The van der Waals surface area contributed by atoms with E-state index in [0.717, 1.165) is 0 Å². The molecule has 1 atom stereocenters. The van der Waals surface area contributed by atoms with Gasteiger partial charge >= 0.3 is 10.7 Å². The minimum absolute atomic E-state index is 0.173. The number of ether oxygens (including phenoxy) is 1. The largest absolute Gasteiger partial charge is 0.418 e. The summed E-state index contributed by atoms with van der Waals surface area (Å²) in [6.07, 6.45) is 0.793. The molecule has 0 aliphatic carbocycles. The highest BCUT2D eigenvalue weighted by Crippen LogP contribution is 2.27. The summed E-state index contributed by atoms with van der Waals surface area (Å²) in [5, 5.41) is 0. The summed E-state index contributed by atoms with van der Waals surface area (Å²) in [7, 11) is 0. The van der Waals surface area contributed by atoms with Crippen LogP contribution in [0.3, 0.4) is 0 Å². The lowest BCUT2D eigenvalue weighted by Crippen LogP contribution is -2.20. The van der Waals surface area contributed by atoms with Crippen molar-refractivity contribution >= 4 is 21.9 Å². The van der Waals surface area contributed by atoms with E-state index in [1.807, 2.05) is 0 Å². The molecule has 0 saturated heterocycles. The Morgan fingerprint density at radius 1 is 1.80 bits per heavy atom. The summed E-state index contributed by atoms with van der Waals surface area (Å²) < 4.78 is 15.1. The number of hydrogen-bond donors (Lipinski definition) is 0. The Morgan fingerprint density at radius 2 is 2.30 bits per heavy atom. The first kappa shape index (κ1) is 9.88. The van der Waals surface area contributed by atoms with Crippen LogP contribution >= 0.6 is 15.9 Å². The Kier molecular flexibility index (Phi) is 3.86. The van der Waals surface area contributed by atoms with Gasteiger partial charge in [0.25, 0.3) is 0 Å². The maximum absolute atomic E-state index is 12.8. The third-order valence-electron chi connectivity index (χ3n) is 0.834. The van der Waals surface area contributed by atoms with Gasteiger partial charge in [-0.3, -0.25) is 4.79 Å². The van der Waals surface area contributed by atoms with Crippen molar-refractivity contribution in [1.82, 2.24) is 0 Å². The first-order valence-corrected chi connectivity index (χ1v) is 3.84. The van der Waals surface area contributed by atoms with Crippen molar-refractivity contribution in [3.05, 3.63) is 0 Å². The number of esters is 1. The number of carbonyl (C=O) groups excluding carboxylic acids is 1. The van der Waals surface area contributed by atoms with Crippen LogP contribution in [0.15, 0.2) is 0 Å². The van der Waals surface area contributed by atoms with E-state index in [1.165, 1.54) is 6.92 Å². The van der Waals surface area contributed by atoms with Gasteiger partial charge in [0.2, 0.25) is 0 Å². The standard InChI is InChI=1S/C6H10BrFO2/c1-3-4-6(7,8)10-5(2)9/h3-4H2,1-2H3. The molecule has 0 N–H and O–H groups in total. The van der Waals surface area contributed by atoms with Crippen LogP contribution in [-0.4, -0.2) is 10.7 Å². The van der Waals surface area contributed by atoms with Crippen molar-refractivity contribution in [2.45, 2.75) is 31.5 Å². The first-order chi connectivity index (χ1) is 4.48. The highest BCUT2D eigenvalue weighted by molar-refractivity contribution is 9.10. The summed E-state index contributed by atoms with van der Waals surface area (Å²) in [5.74, 6) is -0.618. The van der Waals surface area contributed by atoms with E-state index in [2.05, 4.69) is 20.7 Å². The van der Waals surface area contributed by atoms with Crippen molar-refractivity contribution in [3.63, 3.8) is 0 Å². The predicted octanol–water partition coefficient (Wildman–Crippen LogP) is 2.37. The van der Waals surface area contributed by atoms with Crippen molar-refractivity contribution in [3.8, 4) is 0 Å². The fraction of sp³-hybridized carbons (Fsp3) is 0.833. The minimum Gasteiger partial charge on any atom is -0.418 e. The summed E-state index contributed by atoms with van der Waals surface area (Å²) in [4.78, 5) is 10.2. The Bertz CT molecular complexity index is 125. The number of rotatable bonds is 3. The lowest BCUT2D eigenvalue weighted by Gasteiger charge is -2.16. The number of alkyl halides is 2. The molecule has 0 aliphatic rings. The van der Waals surface area contributed by atoms with E-state index >= 15 is 0 Å². The highest BCUT2D eigenvalue weighted by Gasteiger charge is 2.27. The lowest BCUT2D eigenvalue weighted by atomic mass is 10.3. The number of carbonyl (C=O) groups is 1. The molecule has 4 heteroatoms. The van der Waals surface area contributed by atoms with Crippen LogP contribution in [0.2, 0.25) is 0 Å². The molecule has 60 valence electrons. The minimum atomic E-state index is -1.96. The summed E-state index contributed by atoms with van der Waals surface area (Å²) in [6.45, 7) is 2.98. The van der Waals surface area contributed by atoms with E-state index in [-0.39, 0.29) is 6.42 Å². The van der Waals surface area contributed by atoms with E-state index in [1.54, 1.807) is 6.92 Å². The number of halogens is 2. The monoisotopic (exact) mass is 212 g/mol. The third-order valence-corrected chi connectivity index (χ3v) is 1.39. The van der Waals surface area contributed by atoms with Crippen LogP contribution in [0, 0.1) is 0 Å². The molecule has 0 fully saturated rings. The van der Waals surface area contributed by atoms with Gasteiger partial charge in [-0.1, -0.05) is 6.92 Å².